The van der Waals surface area contributed by atoms with Crippen molar-refractivity contribution in [3.05, 3.63) is 34.9 Å². The fourth-order valence-corrected chi connectivity index (χ4v) is 2.75. The van der Waals surface area contributed by atoms with Crippen LogP contribution < -0.4 is 0 Å². The zero-order valence-corrected chi connectivity index (χ0v) is 12.1. The van der Waals surface area contributed by atoms with Gasteiger partial charge < -0.3 is 0 Å². The van der Waals surface area contributed by atoms with Crippen molar-refractivity contribution in [2.75, 3.05) is 6.26 Å². The van der Waals surface area contributed by atoms with Crippen molar-refractivity contribution in [2.24, 2.45) is 0 Å². The summed E-state index contributed by atoms with van der Waals surface area (Å²) < 4.78 is 22.7. The molecule has 0 saturated heterocycles. The molecule has 0 amide bonds. The monoisotopic (exact) mass is 300 g/mol. The van der Waals surface area contributed by atoms with Crippen LogP contribution in [0.5, 0.6) is 0 Å². The molecule has 0 bridgehead atoms. The Balaban J connectivity index is 2.94. The number of halogens is 1. The third-order valence-corrected chi connectivity index (χ3v) is 3.82. The minimum absolute atomic E-state index is 0.0429. The van der Waals surface area contributed by atoms with Gasteiger partial charge in [-0.15, -0.1) is 0 Å². The molecule has 6 heteroatoms. The zero-order valence-electron chi connectivity index (χ0n) is 10.5. The Labute approximate surface area is 117 Å². The summed E-state index contributed by atoms with van der Waals surface area (Å²) in [6.45, 7) is 1.34. The molecule has 0 heterocycles. The normalized spacial score (nSPS) is 11.7. The zero-order chi connectivity index (χ0) is 14.6. The van der Waals surface area contributed by atoms with Crippen molar-refractivity contribution in [3.63, 3.8) is 0 Å². The first-order chi connectivity index (χ1) is 8.70. The molecule has 0 unspecified atom stereocenters. The van der Waals surface area contributed by atoms with E-state index in [9.17, 15) is 18.0 Å². The van der Waals surface area contributed by atoms with Crippen molar-refractivity contribution in [1.82, 2.24) is 0 Å². The highest BCUT2D eigenvalue weighted by Crippen LogP contribution is 2.23. The van der Waals surface area contributed by atoms with Crippen LogP contribution in [0.4, 0.5) is 0 Å². The number of sulfone groups is 1. The number of benzene rings is 1. The Hall–Kier alpha value is -1.46. The Morgan fingerprint density at radius 1 is 1.32 bits per heavy atom. The van der Waals surface area contributed by atoms with E-state index < -0.39 is 9.84 Å². The standard InChI is InChI=1S/C13H13ClO4S/c1-9(15)7-11(16)5-3-10-4-6-13(12(14)8-10)19(2,17)18/h3-6,8H,7H2,1-2H3. The summed E-state index contributed by atoms with van der Waals surface area (Å²) in [6.07, 6.45) is 3.68. The Morgan fingerprint density at radius 2 is 1.95 bits per heavy atom. The summed E-state index contributed by atoms with van der Waals surface area (Å²) in [4.78, 5) is 22.1. The predicted molar refractivity (Wildman–Crippen MR) is 73.9 cm³/mol. The molecule has 1 aromatic rings. The average molecular weight is 301 g/mol. The summed E-state index contributed by atoms with van der Waals surface area (Å²) in [5, 5.41) is 0.101. The number of allylic oxidation sites excluding steroid dienone is 1. The lowest BCUT2D eigenvalue weighted by molar-refractivity contribution is -0.123. The minimum atomic E-state index is -3.37. The maximum atomic E-state index is 11.4. The molecule has 0 aliphatic heterocycles. The van der Waals surface area contributed by atoms with Crippen LogP contribution in [0.15, 0.2) is 29.2 Å². The molecule has 0 aromatic heterocycles. The van der Waals surface area contributed by atoms with Crippen molar-refractivity contribution < 1.29 is 18.0 Å². The summed E-state index contributed by atoms with van der Waals surface area (Å²) >= 11 is 5.86. The quantitative estimate of drug-likeness (QED) is 0.618. The Morgan fingerprint density at radius 3 is 2.42 bits per heavy atom. The molecule has 19 heavy (non-hydrogen) atoms. The van der Waals surface area contributed by atoms with Gasteiger partial charge in [0.2, 0.25) is 0 Å². The second kappa shape index (κ2) is 6.12. The van der Waals surface area contributed by atoms with Crippen LogP contribution in [0, 0.1) is 0 Å². The second-order valence-electron chi connectivity index (χ2n) is 4.14. The van der Waals surface area contributed by atoms with Gasteiger partial charge in [0.05, 0.1) is 16.3 Å². The van der Waals surface area contributed by atoms with Crippen LogP contribution in [0.1, 0.15) is 18.9 Å². The van der Waals surface area contributed by atoms with Gasteiger partial charge in [0.15, 0.2) is 15.6 Å². The van der Waals surface area contributed by atoms with E-state index in [1.54, 1.807) is 6.07 Å². The van der Waals surface area contributed by atoms with E-state index in [0.717, 1.165) is 6.26 Å². The smallest absolute Gasteiger partial charge is 0.176 e. The third kappa shape index (κ3) is 4.96. The number of rotatable bonds is 5. The molecule has 0 spiro atoms. The average Bonchev–Trinajstić information content (AvgIpc) is 2.23. The molecule has 0 saturated carbocycles. The molecule has 4 nitrogen and oxygen atoms in total. The van der Waals surface area contributed by atoms with Gasteiger partial charge in [-0.25, -0.2) is 8.42 Å². The maximum absolute atomic E-state index is 11.4. The topological polar surface area (TPSA) is 68.3 Å². The molecular formula is C13H13ClO4S. The van der Waals surface area contributed by atoms with Crippen LogP contribution in [-0.2, 0) is 19.4 Å². The van der Waals surface area contributed by atoms with Crippen LogP contribution in [0.2, 0.25) is 5.02 Å². The van der Waals surface area contributed by atoms with Crippen molar-refractivity contribution in [2.45, 2.75) is 18.2 Å². The molecule has 0 fully saturated rings. The number of ketones is 2. The molecule has 1 rings (SSSR count). The summed E-state index contributed by atoms with van der Waals surface area (Å²) in [5.41, 5.74) is 0.592. The largest absolute Gasteiger partial charge is 0.300 e. The Bertz CT molecular complexity index is 645. The van der Waals surface area contributed by atoms with Crippen LogP contribution in [-0.4, -0.2) is 26.2 Å². The number of hydrogen-bond acceptors (Lipinski definition) is 4. The highest BCUT2D eigenvalue weighted by molar-refractivity contribution is 7.90. The first kappa shape index (κ1) is 15.6. The van der Waals surface area contributed by atoms with Crippen LogP contribution >= 0.6 is 11.6 Å². The molecule has 0 aliphatic carbocycles. The third-order valence-electron chi connectivity index (χ3n) is 2.24. The maximum Gasteiger partial charge on any atom is 0.176 e. The van der Waals surface area contributed by atoms with Gasteiger partial charge in [-0.2, -0.15) is 0 Å². The molecule has 0 aliphatic rings. The van der Waals surface area contributed by atoms with Crippen molar-refractivity contribution >= 4 is 39.1 Å². The van der Waals surface area contributed by atoms with Crippen LogP contribution in [0.3, 0.4) is 0 Å². The fourth-order valence-electron chi connectivity index (χ4n) is 1.41. The number of carbonyl (C=O) groups excluding carboxylic acids is 2. The molecular weight excluding hydrogens is 288 g/mol. The van der Waals surface area contributed by atoms with Gasteiger partial charge >= 0.3 is 0 Å². The predicted octanol–water partition coefficient (Wildman–Crippen LogP) is 2.30. The number of carbonyl (C=O) groups is 2. The SMILES string of the molecule is CC(=O)CC(=O)C=Cc1ccc(S(C)(=O)=O)c(Cl)c1. The molecule has 0 radical (unpaired) electrons. The van der Waals surface area contributed by atoms with Gasteiger partial charge in [0.1, 0.15) is 5.78 Å². The van der Waals surface area contributed by atoms with E-state index in [0.29, 0.717) is 5.56 Å². The van der Waals surface area contributed by atoms with E-state index in [2.05, 4.69) is 0 Å². The lowest BCUT2D eigenvalue weighted by atomic mass is 10.1. The van der Waals surface area contributed by atoms with Crippen LogP contribution in [0.25, 0.3) is 6.08 Å². The highest BCUT2D eigenvalue weighted by atomic mass is 35.5. The number of Topliss-reactive ketones (excluding diaryl/α,β-unsaturated/α-hetero) is 1. The van der Waals surface area contributed by atoms with Crippen molar-refractivity contribution in [1.29, 1.82) is 0 Å². The van der Waals surface area contributed by atoms with E-state index in [4.69, 9.17) is 11.6 Å². The van der Waals surface area contributed by atoms with Gasteiger partial charge in [0, 0.05) is 6.26 Å². The Kier molecular flexibility index (Phi) is 5.03. The summed E-state index contributed by atoms with van der Waals surface area (Å²) in [5.74, 6) is -0.518. The fraction of sp³-hybridized carbons (Fsp3) is 0.231. The van der Waals surface area contributed by atoms with Crippen molar-refractivity contribution in [3.8, 4) is 0 Å². The first-order valence-corrected chi connectivity index (χ1v) is 7.67. The lowest BCUT2D eigenvalue weighted by Crippen LogP contribution is -2.00. The summed E-state index contributed by atoms with van der Waals surface area (Å²) in [7, 11) is -3.37. The van der Waals surface area contributed by atoms with E-state index >= 15 is 0 Å². The molecule has 102 valence electrons. The summed E-state index contributed by atoms with van der Waals surface area (Å²) in [6, 6.07) is 4.38. The molecule has 0 N–H and O–H groups in total. The highest BCUT2D eigenvalue weighted by Gasteiger charge is 2.11. The first-order valence-electron chi connectivity index (χ1n) is 5.40. The lowest BCUT2D eigenvalue weighted by Gasteiger charge is -2.02. The van der Waals surface area contributed by atoms with Gasteiger partial charge in [-0.1, -0.05) is 23.7 Å². The molecule has 1 aromatic carbocycles. The van der Waals surface area contributed by atoms with E-state index in [-0.39, 0.29) is 27.9 Å². The minimum Gasteiger partial charge on any atom is -0.300 e. The van der Waals surface area contributed by atoms with E-state index in [1.165, 1.54) is 31.2 Å². The second-order valence-corrected chi connectivity index (χ2v) is 6.53. The van der Waals surface area contributed by atoms with E-state index in [1.807, 2.05) is 0 Å². The number of hydrogen-bond donors (Lipinski definition) is 0. The van der Waals surface area contributed by atoms with Gasteiger partial charge in [0.25, 0.3) is 0 Å². The van der Waals surface area contributed by atoms with Gasteiger partial charge in [-0.05, 0) is 30.7 Å². The molecule has 0 atom stereocenters. The van der Waals surface area contributed by atoms with Gasteiger partial charge in [-0.3, -0.25) is 9.59 Å².